The molecule has 1 aliphatic heterocycles. The Morgan fingerprint density at radius 1 is 1.14 bits per heavy atom. The second-order valence-corrected chi connectivity index (χ2v) is 8.13. The molecule has 1 N–H and O–H groups in total. The topological polar surface area (TPSA) is 58.6 Å². The Hall–Kier alpha value is -1.93. The molecule has 0 saturated carbocycles. The van der Waals surface area contributed by atoms with E-state index in [1.807, 2.05) is 11.0 Å². The lowest BCUT2D eigenvalue weighted by Crippen LogP contribution is -2.39. The molecule has 1 heterocycles. The Bertz CT molecular complexity index is 871. The number of nitrogens with one attached hydrogen (secondary N) is 1. The van der Waals surface area contributed by atoms with Crippen LogP contribution >= 0.6 is 35.6 Å². The quantitative estimate of drug-likeness (QED) is 0.569. The van der Waals surface area contributed by atoms with E-state index in [1.165, 1.54) is 11.8 Å². The summed E-state index contributed by atoms with van der Waals surface area (Å²) >= 11 is 12.8. The van der Waals surface area contributed by atoms with Crippen LogP contribution in [0.25, 0.3) is 0 Å². The molecule has 8 heteroatoms. The van der Waals surface area contributed by atoms with Crippen molar-refractivity contribution in [1.82, 2.24) is 4.90 Å². The highest BCUT2D eigenvalue weighted by molar-refractivity contribution is 8.23. The lowest BCUT2D eigenvalue weighted by atomic mass is 10.0. The van der Waals surface area contributed by atoms with Gasteiger partial charge in [0.1, 0.15) is 4.32 Å². The molecular formula is C20H19ClN2O3S2. The normalized spacial score (nSPS) is 13.8. The molecule has 5 nitrogen and oxygen atoms in total. The van der Waals surface area contributed by atoms with Crippen molar-refractivity contribution in [3.05, 3.63) is 64.7 Å². The van der Waals surface area contributed by atoms with Crippen molar-refractivity contribution in [1.29, 1.82) is 0 Å². The maximum absolute atomic E-state index is 12.8. The Morgan fingerprint density at radius 2 is 1.86 bits per heavy atom. The van der Waals surface area contributed by atoms with Crippen LogP contribution in [0.15, 0.2) is 48.5 Å². The number of halogens is 1. The van der Waals surface area contributed by atoms with E-state index in [4.69, 9.17) is 28.6 Å². The highest BCUT2D eigenvalue weighted by Gasteiger charge is 2.18. The van der Waals surface area contributed by atoms with Crippen LogP contribution in [-0.2, 0) is 9.53 Å². The van der Waals surface area contributed by atoms with Gasteiger partial charge >= 0.3 is 0 Å². The number of rotatable bonds is 5. The van der Waals surface area contributed by atoms with Crippen LogP contribution in [0.2, 0.25) is 5.02 Å². The zero-order chi connectivity index (χ0) is 19.9. The summed E-state index contributed by atoms with van der Waals surface area (Å²) in [5, 5.41) is 3.24. The Balaban J connectivity index is 1.65. The number of morpholine rings is 1. The average molecular weight is 435 g/mol. The summed E-state index contributed by atoms with van der Waals surface area (Å²) in [4.78, 5) is 27.3. The number of nitrogens with zero attached hydrogens (tertiary/aromatic N) is 1. The zero-order valence-electron chi connectivity index (χ0n) is 15.0. The van der Waals surface area contributed by atoms with Crippen LogP contribution in [0.5, 0.6) is 0 Å². The van der Waals surface area contributed by atoms with Crippen molar-refractivity contribution in [3.63, 3.8) is 0 Å². The van der Waals surface area contributed by atoms with Gasteiger partial charge in [0.25, 0.3) is 0 Å². The van der Waals surface area contributed by atoms with Gasteiger partial charge in [-0.3, -0.25) is 9.59 Å². The first kappa shape index (κ1) is 20.8. The average Bonchev–Trinajstić information content (AvgIpc) is 2.74. The van der Waals surface area contributed by atoms with Gasteiger partial charge in [0.2, 0.25) is 5.91 Å². The number of thiocarbonyl (C=S) groups is 1. The smallest absolute Gasteiger partial charge is 0.234 e. The van der Waals surface area contributed by atoms with Crippen molar-refractivity contribution in [2.45, 2.75) is 0 Å². The summed E-state index contributed by atoms with van der Waals surface area (Å²) in [5.74, 6) is -0.266. The Labute approximate surface area is 178 Å². The van der Waals surface area contributed by atoms with Gasteiger partial charge in [0.05, 0.1) is 24.7 Å². The molecule has 28 heavy (non-hydrogen) atoms. The summed E-state index contributed by atoms with van der Waals surface area (Å²) < 4.78 is 5.98. The molecule has 1 amide bonds. The lowest BCUT2D eigenvalue weighted by Gasteiger charge is -2.28. The fraction of sp³-hybridized carbons (Fsp3) is 0.250. The van der Waals surface area contributed by atoms with Crippen molar-refractivity contribution in [2.24, 2.45) is 0 Å². The molecule has 0 radical (unpaired) electrons. The number of hydrogen-bond acceptors (Lipinski definition) is 5. The largest absolute Gasteiger partial charge is 0.378 e. The number of anilines is 1. The molecule has 0 atom stereocenters. The molecule has 2 aromatic rings. The third kappa shape index (κ3) is 5.54. The van der Waals surface area contributed by atoms with Crippen LogP contribution in [0.1, 0.15) is 15.9 Å². The van der Waals surface area contributed by atoms with Gasteiger partial charge in [-0.15, -0.1) is 0 Å². The molecule has 0 aromatic heterocycles. The molecule has 0 spiro atoms. The molecule has 1 saturated heterocycles. The summed E-state index contributed by atoms with van der Waals surface area (Å²) in [6.07, 6.45) is 0. The van der Waals surface area contributed by atoms with Gasteiger partial charge < -0.3 is 15.0 Å². The predicted molar refractivity (Wildman–Crippen MR) is 117 cm³/mol. The summed E-state index contributed by atoms with van der Waals surface area (Å²) in [6.45, 7) is 2.76. The third-order valence-corrected chi connectivity index (χ3v) is 5.89. The van der Waals surface area contributed by atoms with E-state index in [1.54, 1.807) is 42.5 Å². The fourth-order valence-corrected chi connectivity index (χ4v) is 3.93. The van der Waals surface area contributed by atoms with Crippen molar-refractivity contribution < 1.29 is 14.3 Å². The second-order valence-electron chi connectivity index (χ2n) is 6.09. The number of amides is 1. The standard InChI is InChI=1S/C20H19ClN2O3S2/c21-15-6-7-17(16(12-15)19(25)14-4-2-1-3-5-14)22-18(24)13-28-20(27)23-8-10-26-11-9-23/h1-7,12H,8-11,13H2,(H,22,24). The molecule has 1 aliphatic rings. The number of hydrogen-bond donors (Lipinski definition) is 1. The monoisotopic (exact) mass is 434 g/mol. The molecular weight excluding hydrogens is 416 g/mol. The fourth-order valence-electron chi connectivity index (χ4n) is 2.71. The first-order valence-corrected chi connectivity index (χ1v) is 10.5. The van der Waals surface area contributed by atoms with E-state index in [0.29, 0.717) is 39.4 Å². The first-order valence-electron chi connectivity index (χ1n) is 8.73. The number of carbonyl (C=O) groups is 2. The van der Waals surface area contributed by atoms with Crippen LogP contribution in [0, 0.1) is 0 Å². The number of ether oxygens (including phenoxy) is 1. The molecule has 146 valence electrons. The predicted octanol–water partition coefficient (Wildman–Crippen LogP) is 3.86. The molecule has 1 fully saturated rings. The van der Waals surface area contributed by atoms with Crippen molar-refractivity contribution in [3.8, 4) is 0 Å². The minimum Gasteiger partial charge on any atom is -0.378 e. The zero-order valence-corrected chi connectivity index (χ0v) is 17.4. The summed E-state index contributed by atoms with van der Waals surface area (Å²) in [5.41, 5.74) is 1.32. The van der Waals surface area contributed by atoms with Crippen LogP contribution in [0.3, 0.4) is 0 Å². The van der Waals surface area contributed by atoms with E-state index >= 15 is 0 Å². The highest BCUT2D eigenvalue weighted by Crippen LogP contribution is 2.24. The highest BCUT2D eigenvalue weighted by atomic mass is 35.5. The molecule has 0 bridgehead atoms. The number of thioether (sulfide) groups is 1. The van der Waals surface area contributed by atoms with Gasteiger partial charge in [-0.05, 0) is 18.2 Å². The SMILES string of the molecule is O=C(CSC(=S)N1CCOCC1)Nc1ccc(Cl)cc1C(=O)c1ccccc1. The van der Waals surface area contributed by atoms with E-state index in [2.05, 4.69) is 5.32 Å². The Kier molecular flexibility index (Phi) is 7.44. The van der Waals surface area contributed by atoms with Gasteiger partial charge in [-0.1, -0.05) is 65.9 Å². The lowest BCUT2D eigenvalue weighted by molar-refractivity contribution is -0.113. The van der Waals surface area contributed by atoms with E-state index in [0.717, 1.165) is 13.1 Å². The number of ketones is 1. The van der Waals surface area contributed by atoms with Gasteiger partial charge in [0.15, 0.2) is 5.78 Å². The molecule has 0 unspecified atom stereocenters. The minimum absolute atomic E-state index is 0.164. The second kappa shape index (κ2) is 10.0. The third-order valence-electron chi connectivity index (χ3n) is 4.13. The molecule has 0 aliphatic carbocycles. The minimum atomic E-state index is -0.231. The van der Waals surface area contributed by atoms with Crippen LogP contribution in [0.4, 0.5) is 5.69 Å². The Morgan fingerprint density at radius 3 is 2.57 bits per heavy atom. The molecule has 3 rings (SSSR count). The maximum Gasteiger partial charge on any atom is 0.234 e. The van der Waals surface area contributed by atoms with Crippen molar-refractivity contribution >= 4 is 57.3 Å². The van der Waals surface area contributed by atoms with Crippen LogP contribution < -0.4 is 5.32 Å². The van der Waals surface area contributed by atoms with E-state index in [-0.39, 0.29) is 17.4 Å². The summed E-state index contributed by atoms with van der Waals surface area (Å²) in [7, 11) is 0. The number of carbonyl (C=O) groups excluding carboxylic acids is 2. The van der Waals surface area contributed by atoms with Gasteiger partial charge in [-0.25, -0.2) is 0 Å². The number of benzene rings is 2. The van der Waals surface area contributed by atoms with Gasteiger partial charge in [0, 0.05) is 29.2 Å². The maximum atomic E-state index is 12.8. The summed E-state index contributed by atoms with van der Waals surface area (Å²) in [6, 6.07) is 13.7. The van der Waals surface area contributed by atoms with E-state index in [9.17, 15) is 9.59 Å². The van der Waals surface area contributed by atoms with E-state index < -0.39 is 0 Å². The molecule has 2 aromatic carbocycles. The van der Waals surface area contributed by atoms with Crippen molar-refractivity contribution in [2.75, 3.05) is 37.4 Å². The van der Waals surface area contributed by atoms with Gasteiger partial charge in [-0.2, -0.15) is 0 Å². The van der Waals surface area contributed by atoms with Crippen LogP contribution in [-0.4, -0.2) is 53.0 Å². The first-order chi connectivity index (χ1) is 13.5.